The van der Waals surface area contributed by atoms with Gasteiger partial charge in [-0.1, -0.05) is 12.8 Å². The predicted molar refractivity (Wildman–Crippen MR) is 72.4 cm³/mol. The number of aromatic nitrogens is 3. The molecule has 0 bridgehead atoms. The van der Waals surface area contributed by atoms with Gasteiger partial charge in [0.05, 0.1) is 12.6 Å². The van der Waals surface area contributed by atoms with E-state index in [-0.39, 0.29) is 11.9 Å². The van der Waals surface area contributed by atoms with E-state index in [1.807, 2.05) is 23.4 Å². The van der Waals surface area contributed by atoms with Crippen LogP contribution < -0.4 is 5.32 Å². The Morgan fingerprint density at radius 1 is 1.37 bits per heavy atom. The summed E-state index contributed by atoms with van der Waals surface area (Å²) in [5.74, 6) is 1.04. The Morgan fingerprint density at radius 2 is 2.05 bits per heavy atom. The third-order valence-electron chi connectivity index (χ3n) is 3.66. The number of nitrogens with one attached hydrogen (secondary N) is 1. The summed E-state index contributed by atoms with van der Waals surface area (Å²) in [4.78, 5) is 14.3. The van der Waals surface area contributed by atoms with E-state index >= 15 is 0 Å². The van der Waals surface area contributed by atoms with E-state index in [2.05, 4.69) is 15.5 Å². The number of nitrogens with zero attached hydrogens (tertiary/aromatic N) is 4. The van der Waals surface area contributed by atoms with E-state index in [9.17, 15) is 4.79 Å². The van der Waals surface area contributed by atoms with Crippen molar-refractivity contribution in [2.75, 3.05) is 13.1 Å². The highest BCUT2D eigenvalue weighted by molar-refractivity contribution is 5.81. The first kappa shape index (κ1) is 14.0. The largest absolute Gasteiger partial charge is 0.341 e. The summed E-state index contributed by atoms with van der Waals surface area (Å²) in [6.45, 7) is 4.28. The summed E-state index contributed by atoms with van der Waals surface area (Å²) in [6.07, 6.45) is 6.40. The molecular weight excluding hydrogens is 242 g/mol. The van der Waals surface area contributed by atoms with Crippen molar-refractivity contribution in [3.63, 3.8) is 0 Å². The molecule has 1 aliphatic rings. The molecule has 106 valence electrons. The fourth-order valence-electron chi connectivity index (χ4n) is 2.36. The Morgan fingerprint density at radius 3 is 2.63 bits per heavy atom. The van der Waals surface area contributed by atoms with E-state index in [0.717, 1.165) is 31.8 Å². The maximum Gasteiger partial charge on any atom is 0.239 e. The Labute approximate surface area is 114 Å². The minimum atomic E-state index is -0.171. The molecule has 6 heteroatoms. The van der Waals surface area contributed by atoms with Gasteiger partial charge in [-0.25, -0.2) is 0 Å². The van der Waals surface area contributed by atoms with Crippen LogP contribution in [0, 0.1) is 0 Å². The van der Waals surface area contributed by atoms with Crippen LogP contribution in [-0.2, 0) is 18.4 Å². The van der Waals surface area contributed by atoms with Crippen LogP contribution in [-0.4, -0.2) is 44.7 Å². The van der Waals surface area contributed by atoms with Gasteiger partial charge in [0.25, 0.3) is 0 Å². The lowest BCUT2D eigenvalue weighted by Gasteiger charge is -2.24. The van der Waals surface area contributed by atoms with Crippen molar-refractivity contribution in [2.24, 2.45) is 7.05 Å². The molecule has 1 aromatic rings. The molecule has 0 saturated carbocycles. The Hall–Kier alpha value is -1.43. The van der Waals surface area contributed by atoms with E-state index in [1.165, 1.54) is 12.8 Å². The molecule has 19 heavy (non-hydrogen) atoms. The van der Waals surface area contributed by atoms with Crippen LogP contribution in [0.25, 0.3) is 0 Å². The third kappa shape index (κ3) is 3.76. The zero-order valence-electron chi connectivity index (χ0n) is 11.8. The molecule has 6 nitrogen and oxygen atoms in total. The molecule has 0 aliphatic carbocycles. The third-order valence-corrected chi connectivity index (χ3v) is 3.66. The number of rotatable bonds is 4. The predicted octanol–water partition coefficient (Wildman–Crippen LogP) is 0.696. The number of aryl methyl sites for hydroxylation is 1. The van der Waals surface area contributed by atoms with E-state index in [0.29, 0.717) is 6.54 Å². The molecule has 2 rings (SSSR count). The summed E-state index contributed by atoms with van der Waals surface area (Å²) < 4.78 is 1.86. The minimum Gasteiger partial charge on any atom is -0.341 e. The molecule has 0 radical (unpaired) electrons. The smallest absolute Gasteiger partial charge is 0.239 e. The quantitative estimate of drug-likeness (QED) is 0.870. The molecule has 1 aromatic heterocycles. The summed E-state index contributed by atoms with van der Waals surface area (Å²) in [5.41, 5.74) is 0. The number of hydrogen-bond acceptors (Lipinski definition) is 4. The van der Waals surface area contributed by atoms with Gasteiger partial charge in [-0.15, -0.1) is 10.2 Å². The summed E-state index contributed by atoms with van der Waals surface area (Å²) in [6, 6.07) is -0.171. The van der Waals surface area contributed by atoms with Crippen molar-refractivity contribution in [1.82, 2.24) is 25.0 Å². The van der Waals surface area contributed by atoms with Gasteiger partial charge in [0.15, 0.2) is 0 Å². The van der Waals surface area contributed by atoms with E-state index in [1.54, 1.807) is 6.33 Å². The number of amides is 1. The molecular formula is C13H23N5O. The zero-order chi connectivity index (χ0) is 13.7. The first-order valence-electron chi connectivity index (χ1n) is 7.03. The van der Waals surface area contributed by atoms with Crippen LogP contribution in [0.3, 0.4) is 0 Å². The minimum absolute atomic E-state index is 0.171. The lowest BCUT2D eigenvalue weighted by atomic mass is 10.2. The SMILES string of the molecule is CC(NCc1nncn1C)C(=O)N1CCCCCC1. The molecule has 1 aliphatic heterocycles. The Kier molecular flexibility index (Phi) is 4.90. The van der Waals surface area contributed by atoms with Crippen LogP contribution >= 0.6 is 0 Å². The van der Waals surface area contributed by atoms with Gasteiger partial charge in [0, 0.05) is 20.1 Å². The van der Waals surface area contributed by atoms with Gasteiger partial charge in [-0.2, -0.15) is 0 Å². The monoisotopic (exact) mass is 265 g/mol. The summed E-state index contributed by atoms with van der Waals surface area (Å²) >= 11 is 0. The van der Waals surface area contributed by atoms with Crippen molar-refractivity contribution in [2.45, 2.75) is 45.2 Å². The molecule has 1 atom stereocenters. The molecule has 2 heterocycles. The van der Waals surface area contributed by atoms with Crippen molar-refractivity contribution in [1.29, 1.82) is 0 Å². The van der Waals surface area contributed by atoms with Gasteiger partial charge >= 0.3 is 0 Å². The molecule has 1 saturated heterocycles. The van der Waals surface area contributed by atoms with Gasteiger partial charge in [0.1, 0.15) is 12.2 Å². The van der Waals surface area contributed by atoms with Gasteiger partial charge in [-0.05, 0) is 19.8 Å². The number of carbonyl (C=O) groups excluding carboxylic acids is 1. The second-order valence-electron chi connectivity index (χ2n) is 5.20. The van der Waals surface area contributed by atoms with E-state index in [4.69, 9.17) is 0 Å². The van der Waals surface area contributed by atoms with Gasteiger partial charge in [-0.3, -0.25) is 10.1 Å². The summed E-state index contributed by atoms with van der Waals surface area (Å²) in [5, 5.41) is 11.1. The second-order valence-corrected chi connectivity index (χ2v) is 5.20. The second kappa shape index (κ2) is 6.65. The molecule has 1 N–H and O–H groups in total. The fourth-order valence-corrected chi connectivity index (χ4v) is 2.36. The van der Waals surface area contributed by atoms with Gasteiger partial charge < -0.3 is 9.47 Å². The lowest BCUT2D eigenvalue weighted by molar-refractivity contribution is -0.133. The average Bonchev–Trinajstić information content (AvgIpc) is 2.68. The maximum absolute atomic E-state index is 12.3. The highest BCUT2D eigenvalue weighted by atomic mass is 16.2. The topological polar surface area (TPSA) is 63.1 Å². The van der Waals surface area contributed by atoms with Crippen molar-refractivity contribution < 1.29 is 4.79 Å². The molecule has 1 fully saturated rings. The Balaban J connectivity index is 1.83. The van der Waals surface area contributed by atoms with Crippen LogP contribution in [0.4, 0.5) is 0 Å². The lowest BCUT2D eigenvalue weighted by Crippen LogP contribution is -2.45. The fraction of sp³-hybridized carbons (Fsp3) is 0.769. The molecule has 0 aromatic carbocycles. The number of hydrogen-bond donors (Lipinski definition) is 1. The van der Waals surface area contributed by atoms with Crippen LogP contribution in [0.15, 0.2) is 6.33 Å². The van der Waals surface area contributed by atoms with E-state index < -0.39 is 0 Å². The van der Waals surface area contributed by atoms with Crippen LogP contribution in [0.5, 0.6) is 0 Å². The maximum atomic E-state index is 12.3. The first-order valence-corrected chi connectivity index (χ1v) is 7.03. The highest BCUT2D eigenvalue weighted by Gasteiger charge is 2.21. The van der Waals surface area contributed by atoms with Crippen molar-refractivity contribution in [3.05, 3.63) is 12.2 Å². The van der Waals surface area contributed by atoms with Gasteiger partial charge in [0.2, 0.25) is 5.91 Å². The zero-order valence-corrected chi connectivity index (χ0v) is 11.8. The first-order chi connectivity index (χ1) is 9.18. The highest BCUT2D eigenvalue weighted by Crippen LogP contribution is 2.10. The normalized spacial score (nSPS) is 18.1. The number of carbonyl (C=O) groups is 1. The molecule has 1 unspecified atom stereocenters. The summed E-state index contributed by atoms with van der Waals surface area (Å²) in [7, 11) is 1.90. The van der Waals surface area contributed by atoms with Crippen molar-refractivity contribution >= 4 is 5.91 Å². The van der Waals surface area contributed by atoms with Crippen LogP contribution in [0.2, 0.25) is 0 Å². The number of likely N-dealkylation sites (tertiary alicyclic amines) is 1. The van der Waals surface area contributed by atoms with Crippen molar-refractivity contribution in [3.8, 4) is 0 Å². The van der Waals surface area contributed by atoms with Crippen LogP contribution in [0.1, 0.15) is 38.4 Å². The average molecular weight is 265 g/mol. The standard InChI is InChI=1S/C13H23N5O/c1-11(14-9-12-16-15-10-17(12)2)13(19)18-7-5-3-4-6-8-18/h10-11,14H,3-9H2,1-2H3. The molecule has 1 amide bonds. The Bertz CT molecular complexity index is 409. The molecule has 0 spiro atoms.